The van der Waals surface area contributed by atoms with E-state index in [2.05, 4.69) is 20.5 Å². The third kappa shape index (κ3) is 4.41. The smallest absolute Gasteiger partial charge is 0.269 e. The predicted molar refractivity (Wildman–Crippen MR) is 101 cm³/mol. The maximum atomic E-state index is 12.3. The van der Waals surface area contributed by atoms with Crippen LogP contribution in [0.3, 0.4) is 0 Å². The first-order chi connectivity index (χ1) is 13.1. The number of H-pyrrole nitrogens is 1. The summed E-state index contributed by atoms with van der Waals surface area (Å²) in [5.74, 6) is 0.428. The molecular weight excluding hydrogens is 346 g/mol. The van der Waals surface area contributed by atoms with Gasteiger partial charge in [0.05, 0.1) is 19.1 Å². The van der Waals surface area contributed by atoms with Gasteiger partial charge in [0, 0.05) is 30.4 Å². The number of nitrogens with one attached hydrogen (secondary N) is 2. The van der Waals surface area contributed by atoms with Crippen LogP contribution in [0.2, 0.25) is 0 Å². The molecule has 0 bridgehead atoms. The van der Waals surface area contributed by atoms with Crippen molar-refractivity contribution in [2.24, 2.45) is 0 Å². The van der Waals surface area contributed by atoms with E-state index >= 15 is 0 Å². The molecule has 0 saturated heterocycles. The van der Waals surface area contributed by atoms with Gasteiger partial charge in [0.15, 0.2) is 0 Å². The third-order valence-corrected chi connectivity index (χ3v) is 4.12. The van der Waals surface area contributed by atoms with Gasteiger partial charge in [-0.3, -0.25) is 19.3 Å². The van der Waals surface area contributed by atoms with Crippen molar-refractivity contribution in [2.45, 2.75) is 19.9 Å². The van der Waals surface area contributed by atoms with Crippen molar-refractivity contribution in [3.63, 3.8) is 0 Å². The maximum absolute atomic E-state index is 12.3. The second-order valence-electron chi connectivity index (χ2n) is 5.92. The molecule has 0 aliphatic rings. The number of carbonyl (C=O) groups is 1. The van der Waals surface area contributed by atoms with Crippen molar-refractivity contribution in [2.75, 3.05) is 13.7 Å². The van der Waals surface area contributed by atoms with Crippen molar-refractivity contribution >= 4 is 5.91 Å². The van der Waals surface area contributed by atoms with Gasteiger partial charge in [0.2, 0.25) is 0 Å². The molecule has 0 fully saturated rings. The van der Waals surface area contributed by atoms with Gasteiger partial charge >= 0.3 is 0 Å². The third-order valence-electron chi connectivity index (χ3n) is 4.12. The van der Waals surface area contributed by atoms with Crippen molar-refractivity contribution in [3.05, 3.63) is 64.5 Å². The summed E-state index contributed by atoms with van der Waals surface area (Å²) in [7, 11) is 1.60. The monoisotopic (exact) mass is 367 g/mol. The molecule has 2 aromatic heterocycles. The summed E-state index contributed by atoms with van der Waals surface area (Å²) in [6.07, 6.45) is 2.21. The SMILES string of the molecule is CCc1cc(=O)n(CCNC(=O)c2cc(-c3cccc(OC)c3)n[nH]2)cn1. The number of benzene rings is 1. The zero-order valence-corrected chi connectivity index (χ0v) is 15.2. The number of ether oxygens (including phenoxy) is 1. The average Bonchev–Trinajstić information content (AvgIpc) is 3.19. The Morgan fingerprint density at radius 2 is 2.15 bits per heavy atom. The Hall–Kier alpha value is -3.42. The van der Waals surface area contributed by atoms with Gasteiger partial charge in [-0.05, 0) is 24.6 Å². The standard InChI is InChI=1S/C19H21N5O3/c1-3-14-10-18(25)24(12-21-14)8-7-20-19(26)17-11-16(22-23-17)13-5-4-6-15(9-13)27-2/h4-6,9-12H,3,7-8H2,1-2H3,(H,20,26)(H,22,23). The molecule has 27 heavy (non-hydrogen) atoms. The molecule has 140 valence electrons. The van der Waals surface area contributed by atoms with Gasteiger partial charge in [0.25, 0.3) is 11.5 Å². The number of amides is 1. The van der Waals surface area contributed by atoms with E-state index in [1.54, 1.807) is 13.2 Å². The number of aromatic amines is 1. The molecule has 8 heteroatoms. The molecular formula is C19H21N5O3. The van der Waals surface area contributed by atoms with Crippen LogP contribution in [0.5, 0.6) is 5.75 Å². The van der Waals surface area contributed by atoms with Crippen molar-refractivity contribution < 1.29 is 9.53 Å². The Labute approximate surface area is 156 Å². The molecule has 1 aromatic carbocycles. The topological polar surface area (TPSA) is 102 Å². The molecule has 3 aromatic rings. The molecule has 0 unspecified atom stereocenters. The van der Waals surface area contributed by atoms with Crippen LogP contribution in [-0.2, 0) is 13.0 Å². The van der Waals surface area contributed by atoms with E-state index in [1.807, 2.05) is 31.2 Å². The zero-order chi connectivity index (χ0) is 19.2. The van der Waals surface area contributed by atoms with Crippen molar-refractivity contribution in [1.29, 1.82) is 0 Å². The fourth-order valence-electron chi connectivity index (χ4n) is 2.58. The first-order valence-corrected chi connectivity index (χ1v) is 8.64. The molecule has 0 spiro atoms. The Morgan fingerprint density at radius 1 is 1.30 bits per heavy atom. The summed E-state index contributed by atoms with van der Waals surface area (Å²) < 4.78 is 6.67. The van der Waals surface area contributed by atoms with Gasteiger partial charge in [-0.2, -0.15) is 5.10 Å². The van der Waals surface area contributed by atoms with Gasteiger partial charge < -0.3 is 10.1 Å². The number of hydrogen-bond acceptors (Lipinski definition) is 5. The number of aromatic nitrogens is 4. The van der Waals surface area contributed by atoms with E-state index in [4.69, 9.17) is 4.74 Å². The minimum absolute atomic E-state index is 0.127. The van der Waals surface area contributed by atoms with Crippen LogP contribution < -0.4 is 15.6 Å². The normalized spacial score (nSPS) is 10.6. The first-order valence-electron chi connectivity index (χ1n) is 8.64. The maximum Gasteiger partial charge on any atom is 0.269 e. The van der Waals surface area contributed by atoms with E-state index in [1.165, 1.54) is 17.0 Å². The number of methoxy groups -OCH3 is 1. The zero-order valence-electron chi connectivity index (χ0n) is 15.2. The highest BCUT2D eigenvalue weighted by atomic mass is 16.5. The lowest BCUT2D eigenvalue weighted by Gasteiger charge is -2.06. The quantitative estimate of drug-likeness (QED) is 0.661. The Morgan fingerprint density at radius 3 is 2.89 bits per heavy atom. The van der Waals surface area contributed by atoms with Gasteiger partial charge in [-0.1, -0.05) is 19.1 Å². The summed E-state index contributed by atoms with van der Waals surface area (Å²) in [4.78, 5) is 28.4. The van der Waals surface area contributed by atoms with E-state index in [0.29, 0.717) is 30.9 Å². The molecule has 0 atom stereocenters. The van der Waals surface area contributed by atoms with Gasteiger partial charge in [-0.15, -0.1) is 0 Å². The minimum atomic E-state index is -0.289. The van der Waals surface area contributed by atoms with Gasteiger partial charge in [0.1, 0.15) is 11.4 Å². The molecule has 3 rings (SSSR count). The molecule has 0 aliphatic heterocycles. The lowest BCUT2D eigenvalue weighted by molar-refractivity contribution is 0.0947. The second kappa shape index (κ2) is 8.31. The second-order valence-corrected chi connectivity index (χ2v) is 5.92. The Balaban J connectivity index is 1.60. The molecule has 0 saturated carbocycles. The lowest BCUT2D eigenvalue weighted by atomic mass is 10.1. The van der Waals surface area contributed by atoms with Crippen LogP contribution in [0.1, 0.15) is 23.1 Å². The van der Waals surface area contributed by atoms with Crippen molar-refractivity contribution in [3.8, 4) is 17.0 Å². The minimum Gasteiger partial charge on any atom is -0.497 e. The molecule has 8 nitrogen and oxygen atoms in total. The van der Waals surface area contributed by atoms with Crippen LogP contribution in [0.25, 0.3) is 11.3 Å². The molecule has 0 aliphatic carbocycles. The van der Waals surface area contributed by atoms with E-state index in [9.17, 15) is 9.59 Å². The summed E-state index contributed by atoms with van der Waals surface area (Å²) in [6.45, 7) is 2.59. The van der Waals surface area contributed by atoms with Crippen LogP contribution in [-0.4, -0.2) is 39.3 Å². The highest BCUT2D eigenvalue weighted by Crippen LogP contribution is 2.22. The number of aryl methyl sites for hydroxylation is 1. The summed E-state index contributed by atoms with van der Waals surface area (Å²) >= 11 is 0. The summed E-state index contributed by atoms with van der Waals surface area (Å²) in [6, 6.07) is 10.6. The predicted octanol–water partition coefficient (Wildman–Crippen LogP) is 1.63. The highest BCUT2D eigenvalue weighted by Gasteiger charge is 2.11. The number of rotatable bonds is 7. The first kappa shape index (κ1) is 18.4. The van der Waals surface area contributed by atoms with Crippen LogP contribution in [0.15, 0.2) is 47.5 Å². The Bertz CT molecular complexity index is 993. The Kier molecular flexibility index (Phi) is 5.65. The van der Waals surface area contributed by atoms with Crippen LogP contribution in [0, 0.1) is 0 Å². The van der Waals surface area contributed by atoms with E-state index < -0.39 is 0 Å². The largest absolute Gasteiger partial charge is 0.497 e. The average molecular weight is 367 g/mol. The van der Waals surface area contributed by atoms with Crippen molar-refractivity contribution in [1.82, 2.24) is 25.1 Å². The summed E-state index contributed by atoms with van der Waals surface area (Å²) in [5, 5.41) is 9.68. The fourth-order valence-corrected chi connectivity index (χ4v) is 2.58. The van der Waals surface area contributed by atoms with E-state index in [0.717, 1.165) is 17.0 Å². The van der Waals surface area contributed by atoms with Crippen LogP contribution >= 0.6 is 0 Å². The molecule has 2 N–H and O–H groups in total. The van der Waals surface area contributed by atoms with Gasteiger partial charge in [-0.25, -0.2) is 4.98 Å². The number of nitrogens with zero attached hydrogens (tertiary/aromatic N) is 3. The molecule has 2 heterocycles. The molecule has 0 radical (unpaired) electrons. The number of hydrogen-bond donors (Lipinski definition) is 2. The van der Waals surface area contributed by atoms with E-state index in [-0.39, 0.29) is 11.5 Å². The molecule has 1 amide bonds. The fraction of sp³-hybridized carbons (Fsp3) is 0.263. The van der Waals surface area contributed by atoms with Crippen LogP contribution in [0.4, 0.5) is 0 Å². The summed E-state index contributed by atoms with van der Waals surface area (Å²) in [5.41, 5.74) is 2.47. The lowest BCUT2D eigenvalue weighted by Crippen LogP contribution is -2.31. The number of carbonyl (C=O) groups excluding carboxylic acids is 1. The highest BCUT2D eigenvalue weighted by molar-refractivity contribution is 5.93.